The maximum Gasteiger partial charge on any atom is 0.355 e. The summed E-state index contributed by atoms with van der Waals surface area (Å²) < 4.78 is 1.03. The van der Waals surface area contributed by atoms with E-state index in [1.807, 2.05) is 6.07 Å². The summed E-state index contributed by atoms with van der Waals surface area (Å²) in [6, 6.07) is 8.87. The van der Waals surface area contributed by atoms with E-state index in [4.69, 9.17) is 5.11 Å². The third kappa shape index (κ3) is 2.70. The summed E-state index contributed by atoms with van der Waals surface area (Å²) in [5, 5.41) is 18.5. The summed E-state index contributed by atoms with van der Waals surface area (Å²) in [5.41, 5.74) is 0.512. The largest absolute Gasteiger partial charge is 0.476 e. The zero-order chi connectivity index (χ0) is 13.0. The fourth-order valence-corrected chi connectivity index (χ4v) is 1.40. The number of carboxylic acids is 1. The highest BCUT2D eigenvalue weighted by atomic mass is 16.4. The van der Waals surface area contributed by atoms with Gasteiger partial charge in [-0.05, 0) is 12.1 Å². The lowest BCUT2D eigenvalue weighted by molar-refractivity contribution is -0.116. The monoisotopic (exact) mass is 246 g/mol. The number of carboxylic acid groups (broad SMARTS) is 1. The number of aromatic carboxylic acids is 1. The van der Waals surface area contributed by atoms with Crippen LogP contribution in [0, 0.1) is 0 Å². The predicted octanol–water partition coefficient (Wildman–Crippen LogP) is 0.615. The first kappa shape index (κ1) is 11.8. The number of para-hydroxylation sites is 1. The molecule has 0 aliphatic carbocycles. The van der Waals surface area contributed by atoms with Gasteiger partial charge in [0.2, 0.25) is 5.91 Å². The molecule has 0 radical (unpaired) electrons. The van der Waals surface area contributed by atoms with Crippen molar-refractivity contribution in [2.45, 2.75) is 6.54 Å². The number of amides is 1. The second-order valence-corrected chi connectivity index (χ2v) is 3.50. The van der Waals surface area contributed by atoms with E-state index in [0.717, 1.165) is 10.9 Å². The molecule has 1 aromatic carbocycles. The highest BCUT2D eigenvalue weighted by Crippen LogP contribution is 2.05. The maximum atomic E-state index is 11.7. The zero-order valence-electron chi connectivity index (χ0n) is 9.28. The molecule has 7 nitrogen and oxygen atoms in total. The van der Waals surface area contributed by atoms with E-state index in [1.165, 1.54) is 0 Å². The SMILES string of the molecule is O=C(Cn1nncc1C(=O)O)Nc1ccccc1. The van der Waals surface area contributed by atoms with Crippen molar-refractivity contribution in [1.82, 2.24) is 15.0 Å². The minimum absolute atomic E-state index is 0.127. The van der Waals surface area contributed by atoms with Crippen molar-refractivity contribution in [3.8, 4) is 0 Å². The second-order valence-electron chi connectivity index (χ2n) is 3.50. The molecule has 0 bridgehead atoms. The fraction of sp³-hybridized carbons (Fsp3) is 0.0909. The summed E-state index contributed by atoms with van der Waals surface area (Å²) in [5.74, 6) is -1.54. The summed E-state index contributed by atoms with van der Waals surface area (Å²) in [7, 11) is 0. The summed E-state index contributed by atoms with van der Waals surface area (Å²) in [6.45, 7) is -0.198. The Balaban J connectivity index is 2.04. The van der Waals surface area contributed by atoms with Gasteiger partial charge in [0.15, 0.2) is 5.69 Å². The van der Waals surface area contributed by atoms with Crippen molar-refractivity contribution in [2.24, 2.45) is 0 Å². The normalized spacial score (nSPS) is 10.0. The Morgan fingerprint density at radius 2 is 2.00 bits per heavy atom. The van der Waals surface area contributed by atoms with Gasteiger partial charge in [0.05, 0.1) is 6.20 Å². The molecule has 2 N–H and O–H groups in total. The summed E-state index contributed by atoms with van der Waals surface area (Å²) in [4.78, 5) is 22.5. The molecule has 92 valence electrons. The molecular formula is C11H10N4O3. The van der Waals surface area contributed by atoms with Crippen molar-refractivity contribution in [3.05, 3.63) is 42.2 Å². The summed E-state index contributed by atoms with van der Waals surface area (Å²) >= 11 is 0. The zero-order valence-corrected chi connectivity index (χ0v) is 9.28. The third-order valence-corrected chi connectivity index (χ3v) is 2.19. The number of aromatic nitrogens is 3. The summed E-state index contributed by atoms with van der Waals surface area (Å²) in [6.07, 6.45) is 1.10. The standard InChI is InChI=1S/C11H10N4O3/c16-10(13-8-4-2-1-3-5-8)7-15-9(11(17)18)6-12-14-15/h1-6H,7H2,(H,13,16)(H,17,18). The van der Waals surface area contributed by atoms with Gasteiger partial charge in [0, 0.05) is 5.69 Å². The van der Waals surface area contributed by atoms with Crippen LogP contribution >= 0.6 is 0 Å². The molecule has 0 fully saturated rings. The Bertz CT molecular complexity index is 565. The number of nitrogens with one attached hydrogen (secondary N) is 1. The minimum atomic E-state index is -1.17. The fourth-order valence-electron chi connectivity index (χ4n) is 1.40. The third-order valence-electron chi connectivity index (χ3n) is 2.19. The van der Waals surface area contributed by atoms with Crippen LogP contribution in [0.1, 0.15) is 10.5 Å². The van der Waals surface area contributed by atoms with Crippen LogP contribution in [-0.2, 0) is 11.3 Å². The molecule has 7 heteroatoms. The van der Waals surface area contributed by atoms with Crippen LogP contribution in [0.25, 0.3) is 0 Å². The Morgan fingerprint density at radius 1 is 1.28 bits per heavy atom. The van der Waals surface area contributed by atoms with Crippen LogP contribution in [0.3, 0.4) is 0 Å². The molecule has 0 aliphatic rings. The molecule has 1 aromatic heterocycles. The molecule has 2 rings (SSSR count). The molecule has 0 unspecified atom stereocenters. The molecule has 0 saturated carbocycles. The van der Waals surface area contributed by atoms with Crippen molar-refractivity contribution in [2.75, 3.05) is 5.32 Å². The molecule has 2 aromatic rings. The van der Waals surface area contributed by atoms with Crippen LogP contribution in [0.2, 0.25) is 0 Å². The van der Waals surface area contributed by atoms with Crippen molar-refractivity contribution in [1.29, 1.82) is 0 Å². The average molecular weight is 246 g/mol. The van der Waals surface area contributed by atoms with Gasteiger partial charge in [-0.2, -0.15) is 0 Å². The molecule has 1 heterocycles. The first-order valence-corrected chi connectivity index (χ1v) is 5.13. The van der Waals surface area contributed by atoms with E-state index in [2.05, 4.69) is 15.6 Å². The Kier molecular flexibility index (Phi) is 3.33. The molecule has 0 aliphatic heterocycles. The Morgan fingerprint density at radius 3 is 2.67 bits per heavy atom. The van der Waals surface area contributed by atoms with Gasteiger partial charge in [0.25, 0.3) is 0 Å². The molecular weight excluding hydrogens is 236 g/mol. The van der Waals surface area contributed by atoms with Gasteiger partial charge in [-0.25, -0.2) is 9.48 Å². The average Bonchev–Trinajstić information content (AvgIpc) is 2.78. The van der Waals surface area contributed by atoms with Crippen molar-refractivity contribution < 1.29 is 14.7 Å². The number of nitrogens with zero attached hydrogens (tertiary/aromatic N) is 3. The van der Waals surface area contributed by atoms with Crippen LogP contribution in [0.15, 0.2) is 36.5 Å². The minimum Gasteiger partial charge on any atom is -0.476 e. The molecule has 18 heavy (non-hydrogen) atoms. The van der Waals surface area contributed by atoms with Gasteiger partial charge in [-0.1, -0.05) is 23.4 Å². The lowest BCUT2D eigenvalue weighted by atomic mass is 10.3. The van der Waals surface area contributed by atoms with Gasteiger partial charge in [-0.15, -0.1) is 5.10 Å². The van der Waals surface area contributed by atoms with Crippen LogP contribution in [-0.4, -0.2) is 32.0 Å². The Hall–Kier alpha value is -2.70. The lowest BCUT2D eigenvalue weighted by Crippen LogP contribution is -2.22. The molecule has 0 atom stereocenters. The number of rotatable bonds is 4. The van der Waals surface area contributed by atoms with Gasteiger partial charge >= 0.3 is 5.97 Å². The number of hydrogen-bond acceptors (Lipinski definition) is 4. The van der Waals surface area contributed by atoms with E-state index in [1.54, 1.807) is 24.3 Å². The van der Waals surface area contributed by atoms with Crippen LogP contribution < -0.4 is 5.32 Å². The smallest absolute Gasteiger partial charge is 0.355 e. The van der Waals surface area contributed by atoms with Gasteiger partial charge in [0.1, 0.15) is 6.54 Å². The Labute approximate surface area is 102 Å². The van der Waals surface area contributed by atoms with E-state index >= 15 is 0 Å². The van der Waals surface area contributed by atoms with E-state index < -0.39 is 5.97 Å². The van der Waals surface area contributed by atoms with Crippen molar-refractivity contribution >= 4 is 17.6 Å². The number of carbonyl (C=O) groups excluding carboxylic acids is 1. The van der Waals surface area contributed by atoms with E-state index in [0.29, 0.717) is 5.69 Å². The van der Waals surface area contributed by atoms with E-state index in [9.17, 15) is 9.59 Å². The van der Waals surface area contributed by atoms with Crippen LogP contribution in [0.4, 0.5) is 5.69 Å². The first-order chi connectivity index (χ1) is 8.66. The first-order valence-electron chi connectivity index (χ1n) is 5.13. The molecule has 0 spiro atoms. The van der Waals surface area contributed by atoms with Crippen molar-refractivity contribution in [3.63, 3.8) is 0 Å². The van der Waals surface area contributed by atoms with Gasteiger partial charge < -0.3 is 10.4 Å². The topological polar surface area (TPSA) is 97.1 Å². The number of benzene rings is 1. The molecule has 1 amide bonds. The van der Waals surface area contributed by atoms with Gasteiger partial charge in [-0.3, -0.25) is 4.79 Å². The predicted molar refractivity (Wildman–Crippen MR) is 62.1 cm³/mol. The highest BCUT2D eigenvalue weighted by molar-refractivity contribution is 5.91. The van der Waals surface area contributed by atoms with Crippen LogP contribution in [0.5, 0.6) is 0 Å². The lowest BCUT2D eigenvalue weighted by Gasteiger charge is -2.05. The number of carbonyl (C=O) groups is 2. The quantitative estimate of drug-likeness (QED) is 0.824. The van der Waals surface area contributed by atoms with E-state index in [-0.39, 0.29) is 18.1 Å². The number of anilines is 1. The number of hydrogen-bond donors (Lipinski definition) is 2. The maximum absolute atomic E-state index is 11.7. The molecule has 0 saturated heterocycles. The second kappa shape index (κ2) is 5.09. The highest BCUT2D eigenvalue weighted by Gasteiger charge is 2.14.